The fraction of sp³-hybridized carbons (Fsp3) is 0.786. The molecule has 0 radical (unpaired) electrons. The molecular weight excluding hydrogens is 336 g/mol. The Kier molecular flexibility index (Phi) is 105000. The van der Waals surface area contributed by atoms with Crippen molar-refractivity contribution in [1.29, 1.82) is 0 Å². The molecule has 0 fully saturated rings. The molecule has 0 aromatic rings. The van der Waals surface area contributed by atoms with E-state index in [4.69, 9.17) is 0 Å². The van der Waals surface area contributed by atoms with Crippen molar-refractivity contribution < 1.29 is 0 Å². The molecule has 0 heterocycles. The first-order valence-electron chi connectivity index (χ1n) is 12.2. The Hall–Kier alpha value is -0.780. The second-order valence-corrected chi connectivity index (χ2v) is 0. The molecule has 0 unspecified atom stereocenters. The fourth-order valence-electron chi connectivity index (χ4n) is 0. The molecule has 0 bridgehead atoms. The first-order chi connectivity index (χ1) is 14.0. The third-order valence-electron chi connectivity index (χ3n) is 0. The molecule has 0 aromatic heterocycles. The van der Waals surface area contributed by atoms with Crippen LogP contribution < -0.4 is 0 Å². The lowest BCUT2D eigenvalue weighted by molar-refractivity contribution is 1.50. The minimum Gasteiger partial charge on any atom is -0.0683 e. The second kappa shape index (κ2) is 27400. The van der Waals surface area contributed by atoms with Gasteiger partial charge < -0.3 is 0 Å². The van der Waals surface area contributed by atoms with E-state index in [1.807, 2.05) is 111 Å². The third-order valence-corrected chi connectivity index (χ3v) is 0. The summed E-state index contributed by atoms with van der Waals surface area (Å²) in [5.41, 5.74) is 0. The van der Waals surface area contributed by atoms with Gasteiger partial charge in [-0.1, -0.05) is 111 Å². The fourth-order valence-corrected chi connectivity index (χ4v) is 0. The van der Waals surface area contributed by atoms with E-state index in [1.165, 1.54) is 0 Å². The first-order valence-corrected chi connectivity index (χ1v) is 12.2. The van der Waals surface area contributed by atoms with Crippen molar-refractivity contribution in [2.75, 3.05) is 0 Å². The van der Waals surface area contributed by atoms with Gasteiger partial charge in [-0.15, -0.1) is 0 Å². The zero-order valence-corrected chi connectivity index (χ0v) is 26.2. The molecule has 0 rings (SSSR count). The van der Waals surface area contributed by atoms with Gasteiger partial charge in [0.15, 0.2) is 0 Å². The molecule has 0 atom stereocenters. The van der Waals surface area contributed by atoms with E-state index in [1.54, 1.807) is 41.5 Å². The zero-order chi connectivity index (χ0) is 28.0. The quantitative estimate of drug-likeness (QED) is 0.345. The maximum absolute atomic E-state index is 3.25. The van der Waals surface area contributed by atoms with E-state index in [2.05, 4.69) is 41.5 Å². The van der Waals surface area contributed by atoms with E-state index < -0.39 is 0 Å². The van der Waals surface area contributed by atoms with Gasteiger partial charge in [0, 0.05) is 0 Å². The van der Waals surface area contributed by atoms with Gasteiger partial charge in [0.05, 0.1) is 83.1 Å². The van der Waals surface area contributed by atoms with E-state index in [0.29, 0.717) is 0 Å². The van der Waals surface area contributed by atoms with Crippen LogP contribution in [0.3, 0.4) is 0 Å². The van der Waals surface area contributed by atoms with Crippen molar-refractivity contribution in [2.45, 2.75) is 152 Å². The Labute approximate surface area is 194 Å². The van der Waals surface area contributed by atoms with Crippen LogP contribution in [0.15, 0.2) is 0 Å². The summed E-state index contributed by atoms with van der Waals surface area (Å²) in [7, 11) is 0. The standard InChI is InChI=1S/8C2H6.6C2H5/c14*1-2/h8*1-2H3;6*1H2,2H3/q;;;;;;;;6*+1. The Morgan fingerprint density at radius 2 is 0.143 bits per heavy atom. The van der Waals surface area contributed by atoms with Crippen molar-refractivity contribution in [1.82, 2.24) is 0 Å². The van der Waals surface area contributed by atoms with Gasteiger partial charge in [-0.3, -0.25) is 0 Å². The van der Waals surface area contributed by atoms with Crippen LogP contribution in [0.1, 0.15) is 152 Å². The Morgan fingerprint density at radius 1 is 0.143 bits per heavy atom. The zero-order valence-electron chi connectivity index (χ0n) is 26.2. The lowest BCUT2D eigenvalue weighted by Crippen LogP contribution is -0.888. The summed E-state index contributed by atoms with van der Waals surface area (Å²) in [4.78, 5) is 0. The Bertz CT molecular complexity index is 0. The van der Waals surface area contributed by atoms with Crippen LogP contribution in [-0.2, 0) is 0 Å². The molecule has 184 valence electrons. The third kappa shape index (κ3) is 24300. The molecular formula is C28H78+6. The Morgan fingerprint density at radius 3 is 0.143 bits per heavy atom. The smallest absolute Gasteiger partial charge is 0.0683 e. The molecule has 0 nitrogen and oxygen atoms in total. The minimum absolute atomic E-state index is 1.75. The maximum Gasteiger partial charge on any atom is 0.0746 e. The molecule has 0 saturated heterocycles. The van der Waals surface area contributed by atoms with E-state index in [0.717, 1.165) is 0 Å². The van der Waals surface area contributed by atoms with Crippen LogP contribution in [-0.4, -0.2) is 0 Å². The summed E-state index contributed by atoms with van der Waals surface area (Å²) in [5.74, 6) is 0. The van der Waals surface area contributed by atoms with Crippen molar-refractivity contribution in [3.63, 3.8) is 0 Å². The van der Waals surface area contributed by atoms with Crippen LogP contribution in [0.4, 0.5) is 0 Å². The molecule has 0 aliphatic rings. The van der Waals surface area contributed by atoms with Crippen LogP contribution in [0.5, 0.6) is 0 Å². The van der Waals surface area contributed by atoms with Crippen LogP contribution in [0, 0.1) is 41.5 Å². The van der Waals surface area contributed by atoms with Gasteiger partial charge in [0.1, 0.15) is 0 Å². The highest BCUT2D eigenvalue weighted by molar-refractivity contribution is 3.95. The van der Waals surface area contributed by atoms with E-state index in [9.17, 15) is 0 Å². The predicted octanol–water partition coefficient (Wildman–Crippen LogP) is 13.3. The van der Waals surface area contributed by atoms with Gasteiger partial charge in [0.25, 0.3) is 0 Å². The molecule has 0 aliphatic heterocycles. The summed E-state index contributed by atoms with van der Waals surface area (Å²) in [6, 6.07) is 0. The average Bonchev–Trinajstić information content (AvgIpc) is 2.95. The molecule has 0 amide bonds. The highest BCUT2D eigenvalue weighted by atomic mass is 13.0. The molecule has 0 N–H and O–H groups in total. The summed E-state index contributed by atoms with van der Waals surface area (Å²) < 4.78 is 0. The molecule has 28 heavy (non-hydrogen) atoms. The van der Waals surface area contributed by atoms with Gasteiger partial charge in [0.2, 0.25) is 0 Å². The summed E-state index contributed by atoms with van der Waals surface area (Å²) in [6.45, 7) is 62.0. The van der Waals surface area contributed by atoms with Crippen molar-refractivity contribution in [3.8, 4) is 0 Å². The maximum atomic E-state index is 3.25. The molecule has 0 spiro atoms. The molecule has 0 heteroatoms. The summed E-state index contributed by atoms with van der Waals surface area (Å²) >= 11 is 0. The van der Waals surface area contributed by atoms with Gasteiger partial charge >= 0.3 is 0 Å². The summed E-state index contributed by atoms with van der Waals surface area (Å²) in [6.07, 6.45) is 0. The second-order valence-electron chi connectivity index (χ2n) is 0. The highest BCUT2D eigenvalue weighted by Gasteiger charge is 1.08. The predicted molar refractivity (Wildman–Crippen MR) is 157 cm³/mol. The number of hydrogen-bond acceptors (Lipinski definition) is 0. The molecule has 0 saturated carbocycles. The average molecular weight is 415 g/mol. The summed E-state index contributed by atoms with van der Waals surface area (Å²) in [5, 5.41) is 0. The lowest BCUT2D eigenvalue weighted by Gasteiger charge is -1.07. The number of hydrogen-bond donors (Lipinski definition) is 0. The molecule has 0 aliphatic carbocycles. The van der Waals surface area contributed by atoms with Crippen LogP contribution >= 0.6 is 0 Å². The Balaban J connectivity index is -0.00000000628. The van der Waals surface area contributed by atoms with Gasteiger partial charge in [-0.05, 0) is 0 Å². The van der Waals surface area contributed by atoms with Crippen molar-refractivity contribution in [3.05, 3.63) is 41.5 Å². The number of rotatable bonds is 0. The van der Waals surface area contributed by atoms with Crippen LogP contribution in [0.25, 0.3) is 0 Å². The van der Waals surface area contributed by atoms with Gasteiger partial charge in [-0.25, -0.2) is 0 Å². The van der Waals surface area contributed by atoms with E-state index >= 15 is 0 Å². The molecule has 0 aromatic carbocycles. The van der Waals surface area contributed by atoms with Crippen molar-refractivity contribution in [2.24, 2.45) is 0 Å². The lowest BCUT2D eigenvalue weighted by atomic mass is 11.0. The SMILES string of the molecule is CC.CC.CC.CC.CC.CC.CC.CC.[CH2+]C.[CH2+]C.[CH2+]C.[CH2+]C.[CH2+]C.[CH2+]C. The largest absolute Gasteiger partial charge is 0.0746 e. The monoisotopic (exact) mass is 415 g/mol. The highest BCUT2D eigenvalue weighted by Crippen LogP contribution is 1.16. The topological polar surface area (TPSA) is 0 Å². The minimum atomic E-state index is 1.75. The normalized spacial score (nSPS) is 2.79. The van der Waals surface area contributed by atoms with Crippen molar-refractivity contribution >= 4 is 0 Å². The van der Waals surface area contributed by atoms with E-state index in [-0.39, 0.29) is 0 Å². The van der Waals surface area contributed by atoms with Gasteiger partial charge in [-0.2, -0.15) is 0 Å². The first kappa shape index (κ1) is 107. The van der Waals surface area contributed by atoms with Crippen LogP contribution in [0.2, 0.25) is 0 Å².